The van der Waals surface area contributed by atoms with Gasteiger partial charge in [0.25, 0.3) is 0 Å². The summed E-state index contributed by atoms with van der Waals surface area (Å²) in [5.74, 6) is 5.81. The highest BCUT2D eigenvalue weighted by atomic mass is 16.5. The summed E-state index contributed by atoms with van der Waals surface area (Å²) in [5.41, 5.74) is 4.81. The number of rotatable bonds is 5. The lowest BCUT2D eigenvalue weighted by molar-refractivity contribution is -0.0135. The summed E-state index contributed by atoms with van der Waals surface area (Å²) < 4.78 is 7.59. The zero-order valence-electron chi connectivity index (χ0n) is 13.1. The molecule has 0 aliphatic heterocycles. The fraction of sp³-hybridized carbons (Fsp3) is 0.438. The van der Waals surface area contributed by atoms with Crippen LogP contribution in [0.5, 0.6) is 0 Å². The van der Waals surface area contributed by atoms with Crippen molar-refractivity contribution in [2.24, 2.45) is 11.3 Å². The molecule has 0 aliphatic rings. The van der Waals surface area contributed by atoms with Crippen LogP contribution in [0.15, 0.2) is 42.6 Å². The molecule has 0 radical (unpaired) electrons. The van der Waals surface area contributed by atoms with Crippen LogP contribution < -0.4 is 11.3 Å². The number of hydrazine groups is 1. The van der Waals surface area contributed by atoms with E-state index in [1.165, 1.54) is 0 Å². The summed E-state index contributed by atoms with van der Waals surface area (Å²) in [6, 6.07) is 11.8. The number of nitrogens with two attached hydrogens (primary N) is 1. The maximum absolute atomic E-state index is 5.81. The maximum atomic E-state index is 5.81. The van der Waals surface area contributed by atoms with Crippen LogP contribution >= 0.6 is 0 Å². The first kappa shape index (κ1) is 15.7. The number of ether oxygens (including phenoxy) is 1. The van der Waals surface area contributed by atoms with Gasteiger partial charge < -0.3 is 4.74 Å². The number of methoxy groups -OCH3 is 1. The highest BCUT2D eigenvalue weighted by molar-refractivity contribution is 5.33. The molecule has 0 bridgehead atoms. The summed E-state index contributed by atoms with van der Waals surface area (Å²) in [6.45, 7) is 6.40. The molecule has 5 nitrogen and oxygen atoms in total. The molecule has 2 rings (SSSR count). The summed E-state index contributed by atoms with van der Waals surface area (Å²) in [7, 11) is 1.71. The molecule has 0 saturated carbocycles. The summed E-state index contributed by atoms with van der Waals surface area (Å²) in [6.07, 6.45) is 1.70. The highest BCUT2D eigenvalue weighted by Gasteiger charge is 2.34. The molecular formula is C16H24N4O. The van der Waals surface area contributed by atoms with Crippen molar-refractivity contribution in [1.29, 1.82) is 0 Å². The van der Waals surface area contributed by atoms with Crippen LogP contribution in [0.2, 0.25) is 0 Å². The summed E-state index contributed by atoms with van der Waals surface area (Å²) in [4.78, 5) is 0. The third kappa shape index (κ3) is 3.32. The molecular weight excluding hydrogens is 264 g/mol. The van der Waals surface area contributed by atoms with Crippen molar-refractivity contribution in [3.63, 3.8) is 0 Å². The SMILES string of the molecule is COC(C(NN)c1ccnn1-c1ccccc1)C(C)(C)C. The maximum Gasteiger partial charge on any atom is 0.0899 e. The van der Waals surface area contributed by atoms with Crippen LogP contribution in [-0.4, -0.2) is 23.0 Å². The van der Waals surface area contributed by atoms with E-state index in [1.54, 1.807) is 13.3 Å². The van der Waals surface area contributed by atoms with Crippen molar-refractivity contribution >= 4 is 0 Å². The zero-order valence-corrected chi connectivity index (χ0v) is 13.1. The second-order valence-corrected chi connectivity index (χ2v) is 6.17. The van der Waals surface area contributed by atoms with Gasteiger partial charge in [0.1, 0.15) is 0 Å². The van der Waals surface area contributed by atoms with Gasteiger partial charge in [0, 0.05) is 13.3 Å². The van der Waals surface area contributed by atoms with Crippen LogP contribution in [0.25, 0.3) is 5.69 Å². The van der Waals surface area contributed by atoms with Gasteiger partial charge in [-0.15, -0.1) is 0 Å². The standard InChI is InChI=1S/C16H24N4O/c1-16(2,3)15(21-4)14(19-17)13-10-11-18-20(13)12-8-6-5-7-9-12/h5-11,14-15,19H,17H2,1-4H3. The van der Waals surface area contributed by atoms with Gasteiger partial charge in [-0.2, -0.15) is 5.10 Å². The Morgan fingerprint density at radius 1 is 1.19 bits per heavy atom. The second kappa shape index (κ2) is 6.39. The number of para-hydroxylation sites is 1. The third-order valence-corrected chi connectivity index (χ3v) is 3.58. The predicted octanol–water partition coefficient (Wildman–Crippen LogP) is 2.44. The molecule has 1 heterocycles. The summed E-state index contributed by atoms with van der Waals surface area (Å²) >= 11 is 0. The molecule has 0 spiro atoms. The van der Waals surface area contributed by atoms with E-state index < -0.39 is 0 Å². The third-order valence-electron chi connectivity index (χ3n) is 3.58. The molecule has 0 fully saturated rings. The van der Waals surface area contributed by atoms with Gasteiger partial charge in [-0.3, -0.25) is 5.84 Å². The smallest absolute Gasteiger partial charge is 0.0899 e. The van der Waals surface area contributed by atoms with Crippen LogP contribution in [0.3, 0.4) is 0 Å². The van der Waals surface area contributed by atoms with Gasteiger partial charge in [-0.05, 0) is 23.6 Å². The van der Waals surface area contributed by atoms with Crippen molar-refractivity contribution in [2.45, 2.75) is 32.9 Å². The Bertz CT molecular complexity index is 559. The van der Waals surface area contributed by atoms with Crippen molar-refractivity contribution in [1.82, 2.24) is 15.2 Å². The van der Waals surface area contributed by atoms with Gasteiger partial charge in [0.15, 0.2) is 0 Å². The average Bonchev–Trinajstić information content (AvgIpc) is 2.93. The molecule has 5 heteroatoms. The number of nitrogens with zero attached hydrogens (tertiary/aromatic N) is 2. The van der Waals surface area contributed by atoms with Crippen LogP contribution in [0.4, 0.5) is 0 Å². The van der Waals surface area contributed by atoms with Crippen molar-refractivity contribution in [2.75, 3.05) is 7.11 Å². The Morgan fingerprint density at radius 2 is 1.86 bits per heavy atom. The second-order valence-electron chi connectivity index (χ2n) is 6.17. The fourth-order valence-corrected chi connectivity index (χ4v) is 2.65. The molecule has 1 aromatic carbocycles. The molecule has 114 valence electrons. The zero-order chi connectivity index (χ0) is 15.5. The fourth-order valence-electron chi connectivity index (χ4n) is 2.65. The average molecular weight is 288 g/mol. The number of nitrogens with one attached hydrogen (secondary N) is 1. The lowest BCUT2D eigenvalue weighted by Crippen LogP contribution is -2.45. The van der Waals surface area contributed by atoms with Gasteiger partial charge in [0.05, 0.1) is 23.5 Å². The lowest BCUT2D eigenvalue weighted by atomic mass is 9.83. The first-order valence-corrected chi connectivity index (χ1v) is 7.07. The van der Waals surface area contributed by atoms with E-state index in [2.05, 4.69) is 31.3 Å². The minimum Gasteiger partial charge on any atom is -0.379 e. The molecule has 21 heavy (non-hydrogen) atoms. The van der Waals surface area contributed by atoms with Crippen molar-refractivity contribution in [3.05, 3.63) is 48.3 Å². The first-order valence-electron chi connectivity index (χ1n) is 7.07. The Hall–Kier alpha value is -1.69. The largest absolute Gasteiger partial charge is 0.379 e. The normalized spacial score (nSPS) is 14.9. The molecule has 2 atom stereocenters. The first-order chi connectivity index (χ1) is 9.99. The van der Waals surface area contributed by atoms with E-state index >= 15 is 0 Å². The van der Waals surface area contributed by atoms with Gasteiger partial charge >= 0.3 is 0 Å². The monoisotopic (exact) mass is 288 g/mol. The van der Waals surface area contributed by atoms with E-state index in [9.17, 15) is 0 Å². The molecule has 2 unspecified atom stereocenters. The van der Waals surface area contributed by atoms with Crippen LogP contribution in [-0.2, 0) is 4.74 Å². The van der Waals surface area contributed by atoms with E-state index in [0.29, 0.717) is 0 Å². The molecule has 1 aromatic heterocycles. The predicted molar refractivity (Wildman–Crippen MR) is 83.9 cm³/mol. The molecule has 3 N–H and O–H groups in total. The van der Waals surface area contributed by atoms with E-state index in [0.717, 1.165) is 11.4 Å². The Kier molecular flexibility index (Phi) is 4.77. The minimum absolute atomic E-state index is 0.0580. The molecule has 0 aliphatic carbocycles. The van der Waals surface area contributed by atoms with Crippen LogP contribution in [0.1, 0.15) is 32.5 Å². The number of hydrogen-bond donors (Lipinski definition) is 2. The van der Waals surface area contributed by atoms with Gasteiger partial charge in [0.2, 0.25) is 0 Å². The Balaban J connectivity index is 2.43. The minimum atomic E-state index is -0.155. The van der Waals surface area contributed by atoms with Crippen molar-refractivity contribution < 1.29 is 4.74 Å². The number of hydrogen-bond acceptors (Lipinski definition) is 4. The topological polar surface area (TPSA) is 65.1 Å². The quantitative estimate of drug-likeness (QED) is 0.655. The van der Waals surface area contributed by atoms with E-state index in [-0.39, 0.29) is 17.6 Å². The van der Waals surface area contributed by atoms with E-state index in [4.69, 9.17) is 10.6 Å². The number of aromatic nitrogens is 2. The molecule has 2 aromatic rings. The summed E-state index contributed by atoms with van der Waals surface area (Å²) in [5, 5.41) is 4.42. The van der Waals surface area contributed by atoms with Crippen molar-refractivity contribution in [3.8, 4) is 5.69 Å². The lowest BCUT2D eigenvalue weighted by Gasteiger charge is -2.35. The number of benzene rings is 1. The Labute approximate surface area is 126 Å². The Morgan fingerprint density at radius 3 is 2.38 bits per heavy atom. The van der Waals surface area contributed by atoms with E-state index in [1.807, 2.05) is 41.1 Å². The van der Waals surface area contributed by atoms with Crippen LogP contribution in [0, 0.1) is 5.41 Å². The van der Waals surface area contributed by atoms with Gasteiger partial charge in [-0.25, -0.2) is 10.1 Å². The molecule has 0 amide bonds. The molecule has 0 saturated heterocycles. The van der Waals surface area contributed by atoms with Gasteiger partial charge in [-0.1, -0.05) is 39.0 Å². The highest BCUT2D eigenvalue weighted by Crippen LogP contribution is 2.32.